The summed E-state index contributed by atoms with van der Waals surface area (Å²) < 4.78 is 16.7. The molecule has 0 aliphatic carbocycles. The van der Waals surface area contributed by atoms with Gasteiger partial charge in [0.2, 0.25) is 0 Å². The predicted octanol–water partition coefficient (Wildman–Crippen LogP) is 2.85. The molecule has 0 radical (unpaired) electrons. The second-order valence-electron chi connectivity index (χ2n) is 6.11. The Balaban J connectivity index is 2.55. The topological polar surface area (TPSA) is 44.8 Å². The molecular formula is C13H24O4Si. The molecule has 4 nitrogen and oxygen atoms in total. The van der Waals surface area contributed by atoms with E-state index in [9.17, 15) is 4.79 Å². The zero-order valence-electron chi connectivity index (χ0n) is 12.1. The van der Waals surface area contributed by atoms with Crippen LogP contribution in [0, 0.1) is 0 Å². The van der Waals surface area contributed by atoms with Gasteiger partial charge >= 0.3 is 5.97 Å². The minimum absolute atomic E-state index is 0.150. The van der Waals surface area contributed by atoms with E-state index in [1.54, 1.807) is 0 Å². The van der Waals surface area contributed by atoms with Crippen LogP contribution in [0.25, 0.3) is 0 Å². The van der Waals surface area contributed by atoms with Gasteiger partial charge in [-0.1, -0.05) is 20.8 Å². The summed E-state index contributed by atoms with van der Waals surface area (Å²) in [7, 11) is -1.83. The highest BCUT2D eigenvalue weighted by atomic mass is 28.4. The van der Waals surface area contributed by atoms with Crippen molar-refractivity contribution in [3.05, 3.63) is 12.2 Å². The summed E-state index contributed by atoms with van der Waals surface area (Å²) in [5.74, 6) is -0.294. The molecule has 0 N–H and O–H groups in total. The number of esters is 1. The molecule has 0 fully saturated rings. The van der Waals surface area contributed by atoms with Gasteiger partial charge in [-0.2, -0.15) is 0 Å². The molecule has 2 atom stereocenters. The zero-order chi connectivity index (χ0) is 14.0. The number of carbonyl (C=O) groups excluding carboxylic acids is 1. The van der Waals surface area contributed by atoms with Gasteiger partial charge in [-0.25, -0.2) is 0 Å². The summed E-state index contributed by atoms with van der Waals surface area (Å²) >= 11 is 0. The van der Waals surface area contributed by atoms with Crippen molar-refractivity contribution in [1.82, 2.24) is 0 Å². The summed E-state index contributed by atoms with van der Waals surface area (Å²) in [4.78, 5) is 10.8. The third kappa shape index (κ3) is 4.22. The Hall–Kier alpha value is -0.653. The molecule has 104 valence electrons. The van der Waals surface area contributed by atoms with Crippen LogP contribution in [0.5, 0.6) is 0 Å². The molecule has 0 unspecified atom stereocenters. The lowest BCUT2D eigenvalue weighted by molar-refractivity contribution is -0.152. The third-order valence-electron chi connectivity index (χ3n) is 3.44. The second kappa shape index (κ2) is 5.55. The van der Waals surface area contributed by atoms with Crippen LogP contribution in [0.15, 0.2) is 12.2 Å². The summed E-state index contributed by atoms with van der Waals surface area (Å²) in [6.07, 6.45) is 3.06. The van der Waals surface area contributed by atoms with E-state index in [1.165, 1.54) is 6.92 Å². The molecule has 1 aliphatic rings. The van der Waals surface area contributed by atoms with Crippen LogP contribution in [-0.2, 0) is 18.7 Å². The normalized spacial score (nSPS) is 25.0. The van der Waals surface area contributed by atoms with Gasteiger partial charge in [-0.05, 0) is 30.3 Å². The average molecular weight is 272 g/mol. The fourth-order valence-corrected chi connectivity index (χ4v) is 2.42. The molecular weight excluding hydrogens is 248 g/mol. The van der Waals surface area contributed by atoms with Gasteiger partial charge in [0, 0.05) is 6.92 Å². The molecule has 0 amide bonds. The maximum absolute atomic E-state index is 10.8. The molecule has 0 aromatic heterocycles. The van der Waals surface area contributed by atoms with Crippen LogP contribution < -0.4 is 0 Å². The fraction of sp³-hybridized carbons (Fsp3) is 0.769. The van der Waals surface area contributed by atoms with Crippen molar-refractivity contribution in [2.75, 3.05) is 6.61 Å². The standard InChI is InChI=1S/C13H24O4Si/c1-10(14)16-11-7-8-12(15-9-11)17-18(5,6)13(2,3)4/h7-8,11-12H,9H2,1-6H3/t11-,12+/m0/s1. The van der Waals surface area contributed by atoms with E-state index < -0.39 is 8.32 Å². The Bertz CT molecular complexity index is 330. The maximum atomic E-state index is 10.8. The molecule has 18 heavy (non-hydrogen) atoms. The van der Waals surface area contributed by atoms with Crippen molar-refractivity contribution in [1.29, 1.82) is 0 Å². The van der Waals surface area contributed by atoms with Crippen molar-refractivity contribution in [3.63, 3.8) is 0 Å². The number of rotatable bonds is 3. The molecule has 0 saturated carbocycles. The Morgan fingerprint density at radius 1 is 1.33 bits per heavy atom. The molecule has 0 aromatic rings. The quantitative estimate of drug-likeness (QED) is 0.450. The minimum atomic E-state index is -1.83. The van der Waals surface area contributed by atoms with Crippen molar-refractivity contribution in [2.24, 2.45) is 0 Å². The zero-order valence-corrected chi connectivity index (χ0v) is 13.1. The molecule has 0 saturated heterocycles. The molecule has 1 rings (SSSR count). The van der Waals surface area contributed by atoms with Gasteiger partial charge < -0.3 is 13.9 Å². The average Bonchev–Trinajstić information content (AvgIpc) is 2.18. The number of hydrogen-bond acceptors (Lipinski definition) is 4. The monoisotopic (exact) mass is 272 g/mol. The molecule has 0 bridgehead atoms. The predicted molar refractivity (Wildman–Crippen MR) is 72.7 cm³/mol. The summed E-state index contributed by atoms with van der Waals surface area (Å²) in [5, 5.41) is 0.150. The van der Waals surface area contributed by atoms with E-state index >= 15 is 0 Å². The van der Waals surface area contributed by atoms with Crippen LogP contribution in [0.4, 0.5) is 0 Å². The van der Waals surface area contributed by atoms with Gasteiger partial charge in [0.05, 0.1) is 6.61 Å². The SMILES string of the molecule is CC(=O)O[C@H]1C=C[C@@H](O[Si](C)(C)C(C)(C)C)OC1. The number of hydrogen-bond donors (Lipinski definition) is 0. The Labute approximate surface area is 110 Å². The first-order valence-electron chi connectivity index (χ1n) is 6.27. The van der Waals surface area contributed by atoms with Crippen LogP contribution >= 0.6 is 0 Å². The van der Waals surface area contributed by atoms with Gasteiger partial charge in [0.1, 0.15) is 6.10 Å². The summed E-state index contributed by atoms with van der Waals surface area (Å²) in [5.41, 5.74) is 0. The first kappa shape index (κ1) is 15.4. The van der Waals surface area contributed by atoms with Gasteiger partial charge in [-0.3, -0.25) is 4.79 Å². The number of ether oxygens (including phenoxy) is 2. The van der Waals surface area contributed by atoms with Crippen LogP contribution in [0.1, 0.15) is 27.7 Å². The molecule has 0 spiro atoms. The van der Waals surface area contributed by atoms with Crippen molar-refractivity contribution in [3.8, 4) is 0 Å². The smallest absolute Gasteiger partial charge is 0.303 e. The largest absolute Gasteiger partial charge is 0.456 e. The first-order chi connectivity index (χ1) is 8.12. The van der Waals surface area contributed by atoms with Crippen LogP contribution in [0.2, 0.25) is 18.1 Å². The van der Waals surface area contributed by atoms with E-state index in [0.717, 1.165) is 0 Å². The Morgan fingerprint density at radius 3 is 2.33 bits per heavy atom. The molecule has 1 heterocycles. The number of carbonyl (C=O) groups is 1. The highest BCUT2D eigenvalue weighted by Crippen LogP contribution is 2.37. The van der Waals surface area contributed by atoms with Crippen LogP contribution in [-0.4, -0.2) is 33.3 Å². The molecule has 1 aliphatic heterocycles. The molecule has 0 aromatic carbocycles. The summed E-state index contributed by atoms with van der Waals surface area (Å²) in [6.45, 7) is 12.7. The van der Waals surface area contributed by atoms with E-state index in [4.69, 9.17) is 13.9 Å². The van der Waals surface area contributed by atoms with E-state index in [2.05, 4.69) is 33.9 Å². The lowest BCUT2D eigenvalue weighted by Gasteiger charge is -2.39. The van der Waals surface area contributed by atoms with Gasteiger partial charge in [0.25, 0.3) is 0 Å². The minimum Gasteiger partial charge on any atom is -0.456 e. The van der Waals surface area contributed by atoms with Crippen molar-refractivity contribution < 1.29 is 18.7 Å². The second-order valence-corrected chi connectivity index (χ2v) is 10.9. The summed E-state index contributed by atoms with van der Waals surface area (Å²) in [6, 6.07) is 0. The molecule has 5 heteroatoms. The Kier molecular flexibility index (Phi) is 4.75. The van der Waals surface area contributed by atoms with Crippen LogP contribution in [0.3, 0.4) is 0 Å². The lowest BCUT2D eigenvalue weighted by Crippen LogP contribution is -2.45. The van der Waals surface area contributed by atoms with Gasteiger partial charge in [0.15, 0.2) is 14.6 Å². The van der Waals surface area contributed by atoms with E-state index in [0.29, 0.717) is 6.61 Å². The van der Waals surface area contributed by atoms with E-state index in [1.807, 2.05) is 12.2 Å². The fourth-order valence-electron chi connectivity index (χ4n) is 1.34. The lowest BCUT2D eigenvalue weighted by atomic mass is 10.2. The van der Waals surface area contributed by atoms with Gasteiger partial charge in [-0.15, -0.1) is 0 Å². The third-order valence-corrected chi connectivity index (χ3v) is 7.88. The highest BCUT2D eigenvalue weighted by molar-refractivity contribution is 6.74. The maximum Gasteiger partial charge on any atom is 0.303 e. The van der Waals surface area contributed by atoms with E-state index in [-0.39, 0.29) is 23.4 Å². The van der Waals surface area contributed by atoms with Crippen molar-refractivity contribution >= 4 is 14.3 Å². The Morgan fingerprint density at radius 2 is 1.94 bits per heavy atom. The first-order valence-corrected chi connectivity index (χ1v) is 9.17. The highest BCUT2D eigenvalue weighted by Gasteiger charge is 2.39. The van der Waals surface area contributed by atoms with Crippen molar-refractivity contribution in [2.45, 2.75) is 58.2 Å².